The molecule has 1 aliphatic rings. The van der Waals surface area contributed by atoms with Crippen LogP contribution in [0.4, 0.5) is 0 Å². The van der Waals surface area contributed by atoms with Crippen molar-refractivity contribution in [2.75, 3.05) is 0 Å². The van der Waals surface area contributed by atoms with Crippen LogP contribution in [0.25, 0.3) is 0 Å². The van der Waals surface area contributed by atoms with E-state index in [1.54, 1.807) is 0 Å². The standard InChI is InChI=1S/C16H24OS/c1-4-14-5-6-15(18-14)10-16(17)13-8-11(2)7-12(3)9-13/h5-7,11,13,16-17H,4,8-10H2,1-3H3. The zero-order chi connectivity index (χ0) is 13.1. The quantitative estimate of drug-likeness (QED) is 0.808. The van der Waals surface area contributed by atoms with E-state index in [1.165, 1.54) is 15.3 Å². The lowest BCUT2D eigenvalue weighted by molar-refractivity contribution is 0.0939. The summed E-state index contributed by atoms with van der Waals surface area (Å²) in [6, 6.07) is 4.38. The summed E-state index contributed by atoms with van der Waals surface area (Å²) in [6.07, 6.45) is 6.30. The van der Waals surface area contributed by atoms with Crippen LogP contribution in [0.1, 0.15) is 43.4 Å². The van der Waals surface area contributed by atoms with Gasteiger partial charge in [0.05, 0.1) is 6.10 Å². The molecule has 1 aromatic rings. The normalized spacial score (nSPS) is 25.9. The van der Waals surface area contributed by atoms with E-state index in [4.69, 9.17) is 0 Å². The molecule has 3 unspecified atom stereocenters. The van der Waals surface area contributed by atoms with E-state index in [9.17, 15) is 5.11 Å². The minimum Gasteiger partial charge on any atom is -0.392 e. The number of aryl methyl sites for hydroxylation is 1. The predicted molar refractivity (Wildman–Crippen MR) is 79.1 cm³/mol. The van der Waals surface area contributed by atoms with Crippen molar-refractivity contribution < 1.29 is 5.11 Å². The van der Waals surface area contributed by atoms with Crippen molar-refractivity contribution in [3.8, 4) is 0 Å². The molecule has 1 aliphatic carbocycles. The van der Waals surface area contributed by atoms with Crippen molar-refractivity contribution in [3.05, 3.63) is 33.5 Å². The van der Waals surface area contributed by atoms with Crippen LogP contribution in [0.5, 0.6) is 0 Å². The van der Waals surface area contributed by atoms with Gasteiger partial charge in [-0.3, -0.25) is 0 Å². The molecular weight excluding hydrogens is 240 g/mol. The fourth-order valence-corrected chi connectivity index (χ4v) is 3.99. The first kappa shape index (κ1) is 13.8. The molecule has 0 fully saturated rings. The molecule has 1 nitrogen and oxygen atoms in total. The van der Waals surface area contributed by atoms with Crippen molar-refractivity contribution in [2.24, 2.45) is 11.8 Å². The van der Waals surface area contributed by atoms with Gasteiger partial charge in [0.1, 0.15) is 0 Å². The van der Waals surface area contributed by atoms with Gasteiger partial charge in [-0.1, -0.05) is 25.5 Å². The van der Waals surface area contributed by atoms with Crippen LogP contribution >= 0.6 is 11.3 Å². The highest BCUT2D eigenvalue weighted by Crippen LogP contribution is 2.32. The molecule has 1 N–H and O–H groups in total. The molecule has 100 valence electrons. The van der Waals surface area contributed by atoms with Gasteiger partial charge < -0.3 is 5.11 Å². The van der Waals surface area contributed by atoms with Crippen LogP contribution in [0.3, 0.4) is 0 Å². The fraction of sp³-hybridized carbons (Fsp3) is 0.625. The zero-order valence-corrected chi connectivity index (χ0v) is 12.5. The molecule has 3 atom stereocenters. The Morgan fingerprint density at radius 3 is 2.72 bits per heavy atom. The van der Waals surface area contributed by atoms with Gasteiger partial charge >= 0.3 is 0 Å². The average Bonchev–Trinajstić information content (AvgIpc) is 2.75. The summed E-state index contributed by atoms with van der Waals surface area (Å²) in [7, 11) is 0. The number of rotatable bonds is 4. The number of aliphatic hydroxyl groups excluding tert-OH is 1. The van der Waals surface area contributed by atoms with Gasteiger partial charge in [0, 0.05) is 16.2 Å². The Morgan fingerprint density at radius 2 is 2.11 bits per heavy atom. The average molecular weight is 264 g/mol. The van der Waals surface area contributed by atoms with E-state index in [0.717, 1.165) is 25.7 Å². The summed E-state index contributed by atoms with van der Waals surface area (Å²) in [5.41, 5.74) is 1.44. The maximum atomic E-state index is 10.4. The Kier molecular flexibility index (Phi) is 4.63. The van der Waals surface area contributed by atoms with E-state index in [0.29, 0.717) is 11.8 Å². The smallest absolute Gasteiger partial charge is 0.0619 e. The fourth-order valence-electron chi connectivity index (χ4n) is 2.98. The van der Waals surface area contributed by atoms with Crippen molar-refractivity contribution >= 4 is 11.3 Å². The van der Waals surface area contributed by atoms with Gasteiger partial charge in [0.2, 0.25) is 0 Å². The first-order valence-corrected chi connectivity index (χ1v) is 7.83. The van der Waals surface area contributed by atoms with Crippen molar-refractivity contribution in [2.45, 2.75) is 52.6 Å². The summed E-state index contributed by atoms with van der Waals surface area (Å²) < 4.78 is 0. The van der Waals surface area contributed by atoms with Gasteiger partial charge in [-0.05, 0) is 50.2 Å². The Morgan fingerprint density at radius 1 is 1.39 bits per heavy atom. The number of hydrogen-bond donors (Lipinski definition) is 1. The molecule has 0 amide bonds. The summed E-state index contributed by atoms with van der Waals surface area (Å²) in [4.78, 5) is 2.75. The molecule has 0 spiro atoms. The Bertz CT molecular complexity index is 418. The van der Waals surface area contributed by atoms with Gasteiger partial charge in [0.25, 0.3) is 0 Å². The third-order valence-electron chi connectivity index (χ3n) is 3.85. The molecular formula is C16H24OS. The van der Waals surface area contributed by atoms with Crippen LogP contribution in [-0.4, -0.2) is 11.2 Å². The predicted octanol–water partition coefficient (Wildman–Crippen LogP) is 4.21. The highest BCUT2D eigenvalue weighted by molar-refractivity contribution is 7.11. The lowest BCUT2D eigenvalue weighted by Gasteiger charge is -2.29. The van der Waals surface area contributed by atoms with Crippen molar-refractivity contribution in [1.82, 2.24) is 0 Å². The second-order valence-electron chi connectivity index (χ2n) is 5.68. The van der Waals surface area contributed by atoms with E-state index in [-0.39, 0.29) is 6.10 Å². The highest BCUT2D eigenvalue weighted by atomic mass is 32.1. The molecule has 0 saturated carbocycles. The molecule has 2 heteroatoms. The molecule has 0 bridgehead atoms. The topological polar surface area (TPSA) is 20.2 Å². The van der Waals surface area contributed by atoms with Crippen LogP contribution in [0.15, 0.2) is 23.8 Å². The third kappa shape index (κ3) is 3.46. The highest BCUT2D eigenvalue weighted by Gasteiger charge is 2.25. The maximum Gasteiger partial charge on any atom is 0.0619 e. The van der Waals surface area contributed by atoms with Gasteiger partial charge in [-0.15, -0.1) is 11.3 Å². The van der Waals surface area contributed by atoms with Crippen LogP contribution in [0, 0.1) is 11.8 Å². The van der Waals surface area contributed by atoms with Crippen LogP contribution in [0.2, 0.25) is 0 Å². The monoisotopic (exact) mass is 264 g/mol. The number of thiophene rings is 1. The van der Waals surface area contributed by atoms with Crippen LogP contribution < -0.4 is 0 Å². The van der Waals surface area contributed by atoms with Gasteiger partial charge in [0.15, 0.2) is 0 Å². The lowest BCUT2D eigenvalue weighted by Crippen LogP contribution is -2.26. The first-order chi connectivity index (χ1) is 8.58. The van der Waals surface area contributed by atoms with E-state index >= 15 is 0 Å². The van der Waals surface area contributed by atoms with Gasteiger partial charge in [-0.25, -0.2) is 0 Å². The summed E-state index contributed by atoms with van der Waals surface area (Å²) in [5, 5.41) is 10.4. The minimum absolute atomic E-state index is 0.181. The zero-order valence-electron chi connectivity index (χ0n) is 11.6. The van der Waals surface area contributed by atoms with E-state index < -0.39 is 0 Å². The molecule has 18 heavy (non-hydrogen) atoms. The molecule has 0 saturated heterocycles. The minimum atomic E-state index is -0.181. The lowest BCUT2D eigenvalue weighted by atomic mass is 9.80. The molecule has 1 heterocycles. The maximum absolute atomic E-state index is 10.4. The molecule has 1 aromatic heterocycles. The molecule has 0 radical (unpaired) electrons. The first-order valence-electron chi connectivity index (χ1n) is 7.01. The second-order valence-corrected chi connectivity index (χ2v) is 6.94. The summed E-state index contributed by atoms with van der Waals surface area (Å²) in [5.74, 6) is 1.06. The van der Waals surface area contributed by atoms with Crippen LogP contribution in [-0.2, 0) is 12.8 Å². The SMILES string of the molecule is CCc1ccc(CC(O)C2CC(C)=CC(C)C2)s1. The largest absolute Gasteiger partial charge is 0.392 e. The summed E-state index contributed by atoms with van der Waals surface area (Å²) >= 11 is 1.85. The van der Waals surface area contributed by atoms with E-state index in [1.807, 2.05) is 11.3 Å². The number of aliphatic hydroxyl groups is 1. The Balaban J connectivity index is 1.95. The van der Waals surface area contributed by atoms with Crippen molar-refractivity contribution in [3.63, 3.8) is 0 Å². The molecule has 0 aliphatic heterocycles. The van der Waals surface area contributed by atoms with E-state index in [2.05, 4.69) is 39.0 Å². The summed E-state index contributed by atoms with van der Waals surface area (Å²) in [6.45, 7) is 6.63. The second kappa shape index (κ2) is 6.03. The Labute approximate surface area is 115 Å². The van der Waals surface area contributed by atoms with Crippen molar-refractivity contribution in [1.29, 1.82) is 0 Å². The number of hydrogen-bond acceptors (Lipinski definition) is 2. The third-order valence-corrected chi connectivity index (χ3v) is 5.10. The van der Waals surface area contributed by atoms with Gasteiger partial charge in [-0.2, -0.15) is 0 Å². The Hall–Kier alpha value is -0.600. The number of allylic oxidation sites excluding steroid dienone is 2. The molecule has 2 rings (SSSR count). The molecule has 0 aromatic carbocycles.